The summed E-state index contributed by atoms with van der Waals surface area (Å²) in [5, 5.41) is 10.5. The summed E-state index contributed by atoms with van der Waals surface area (Å²) in [7, 11) is 0. The molecule has 6 aromatic carbocycles. The zero-order valence-corrected chi connectivity index (χ0v) is 22.8. The molecule has 2 nitrogen and oxygen atoms in total. The molecule has 0 saturated carbocycles. The number of thiophene rings is 1. The van der Waals surface area contributed by atoms with Crippen molar-refractivity contribution in [3.63, 3.8) is 0 Å². The third-order valence-corrected chi connectivity index (χ3v) is 10.0. The summed E-state index contributed by atoms with van der Waals surface area (Å²) in [6.07, 6.45) is 0. The Bertz CT molecular complexity index is 2590. The number of nitrogens with zero attached hydrogens (tertiary/aromatic N) is 2. The Labute approximate surface area is 239 Å². The van der Waals surface area contributed by atoms with Gasteiger partial charge in [0.2, 0.25) is 0 Å². The zero-order chi connectivity index (χ0) is 26.7. The maximum Gasteiger partial charge on any atom is 0.109 e. The third kappa shape index (κ3) is 2.71. The van der Waals surface area contributed by atoms with Crippen molar-refractivity contribution in [2.24, 2.45) is 0 Å². The van der Waals surface area contributed by atoms with Gasteiger partial charge in [0, 0.05) is 42.8 Å². The molecule has 0 atom stereocenters. The molecular formula is C38H22N2S. The molecule has 0 N–H and O–H groups in total. The van der Waals surface area contributed by atoms with Gasteiger partial charge in [0.1, 0.15) is 4.83 Å². The molecule has 4 aromatic heterocycles. The Hall–Kier alpha value is -5.12. The average Bonchev–Trinajstić information content (AvgIpc) is 3.71. The van der Waals surface area contributed by atoms with Crippen LogP contribution in [0.25, 0.3) is 86.1 Å². The van der Waals surface area contributed by atoms with E-state index in [1.54, 1.807) is 0 Å². The Kier molecular flexibility index (Phi) is 4.10. The predicted octanol–water partition coefficient (Wildman–Crippen LogP) is 10.8. The van der Waals surface area contributed by atoms with Gasteiger partial charge in [-0.05, 0) is 41.1 Å². The standard InChI is InChI=1S/C38H22N2S/c1-5-16-31-24(11-1)25-12-2-6-17-32(25)39(31)34-19-8-4-14-29(34)35-22-30-27-15-9-10-23-20-21-28-26-13-3-7-18-33(26)40(38(30)41-35)37(28)36(23)27/h1-22H. The highest BCUT2D eigenvalue weighted by Gasteiger charge is 2.21. The summed E-state index contributed by atoms with van der Waals surface area (Å²) in [4.78, 5) is 2.58. The molecule has 0 saturated heterocycles. The maximum absolute atomic E-state index is 2.52. The van der Waals surface area contributed by atoms with Crippen LogP contribution in [0.5, 0.6) is 0 Å². The second-order valence-electron chi connectivity index (χ2n) is 10.9. The predicted molar refractivity (Wildman–Crippen MR) is 176 cm³/mol. The second-order valence-corrected chi connectivity index (χ2v) is 12.0. The van der Waals surface area contributed by atoms with Crippen molar-refractivity contribution < 1.29 is 0 Å². The van der Waals surface area contributed by atoms with Crippen LogP contribution in [0.4, 0.5) is 0 Å². The van der Waals surface area contributed by atoms with E-state index in [1.807, 2.05) is 11.3 Å². The van der Waals surface area contributed by atoms with E-state index in [-0.39, 0.29) is 0 Å². The van der Waals surface area contributed by atoms with Crippen LogP contribution in [-0.4, -0.2) is 8.97 Å². The van der Waals surface area contributed by atoms with Gasteiger partial charge in [-0.25, -0.2) is 0 Å². The quantitative estimate of drug-likeness (QED) is 0.207. The molecule has 0 amide bonds. The summed E-state index contributed by atoms with van der Waals surface area (Å²) in [5.41, 5.74) is 7.53. The van der Waals surface area contributed by atoms with E-state index >= 15 is 0 Å². The smallest absolute Gasteiger partial charge is 0.109 e. The van der Waals surface area contributed by atoms with E-state index in [0.29, 0.717) is 0 Å². The van der Waals surface area contributed by atoms with Gasteiger partial charge < -0.3 is 4.57 Å². The molecule has 0 aliphatic heterocycles. The largest absolute Gasteiger partial charge is 0.309 e. The highest BCUT2D eigenvalue weighted by molar-refractivity contribution is 7.22. The first-order valence-electron chi connectivity index (χ1n) is 14.0. The Morgan fingerprint density at radius 1 is 0.463 bits per heavy atom. The van der Waals surface area contributed by atoms with Crippen molar-refractivity contribution in [1.29, 1.82) is 0 Å². The van der Waals surface area contributed by atoms with E-state index < -0.39 is 0 Å². The fourth-order valence-corrected chi connectivity index (χ4v) is 8.42. The van der Waals surface area contributed by atoms with Gasteiger partial charge in [0.05, 0.1) is 27.8 Å². The monoisotopic (exact) mass is 538 g/mol. The van der Waals surface area contributed by atoms with E-state index in [2.05, 4.69) is 142 Å². The number of fused-ring (bicyclic) bond motifs is 9. The number of benzene rings is 6. The third-order valence-electron chi connectivity index (χ3n) is 8.87. The van der Waals surface area contributed by atoms with Crippen LogP contribution in [0, 0.1) is 0 Å². The van der Waals surface area contributed by atoms with Crippen LogP contribution >= 0.6 is 11.3 Å². The van der Waals surface area contributed by atoms with Crippen molar-refractivity contribution in [1.82, 2.24) is 8.97 Å². The number of pyridine rings is 1. The molecule has 0 unspecified atom stereocenters. The lowest BCUT2D eigenvalue weighted by Gasteiger charge is -2.12. The first-order valence-corrected chi connectivity index (χ1v) is 14.9. The molecule has 0 aliphatic carbocycles. The van der Waals surface area contributed by atoms with Crippen LogP contribution in [-0.2, 0) is 0 Å². The first-order chi connectivity index (χ1) is 20.4. The number of para-hydroxylation sites is 4. The minimum Gasteiger partial charge on any atom is -0.309 e. The average molecular weight is 539 g/mol. The van der Waals surface area contributed by atoms with Crippen molar-refractivity contribution >= 4 is 81.3 Å². The number of aromatic nitrogens is 2. The lowest BCUT2D eigenvalue weighted by atomic mass is 10.00. The molecule has 4 heterocycles. The molecular weight excluding hydrogens is 516 g/mol. The summed E-state index contributed by atoms with van der Waals surface area (Å²) in [6, 6.07) is 49.0. The molecule has 0 bridgehead atoms. The van der Waals surface area contributed by atoms with E-state index in [4.69, 9.17) is 0 Å². The Balaban J connectivity index is 1.36. The molecule has 0 radical (unpaired) electrons. The van der Waals surface area contributed by atoms with Crippen molar-refractivity contribution in [3.05, 3.63) is 133 Å². The molecule has 0 spiro atoms. The van der Waals surface area contributed by atoms with Crippen LogP contribution in [0.15, 0.2) is 133 Å². The van der Waals surface area contributed by atoms with Crippen molar-refractivity contribution in [2.45, 2.75) is 0 Å². The molecule has 10 aromatic rings. The van der Waals surface area contributed by atoms with Crippen LogP contribution in [0.1, 0.15) is 0 Å². The second kappa shape index (κ2) is 7.75. The zero-order valence-electron chi connectivity index (χ0n) is 22.0. The molecule has 190 valence electrons. The summed E-state index contributed by atoms with van der Waals surface area (Å²) >= 11 is 1.90. The molecule has 41 heavy (non-hydrogen) atoms. The number of rotatable bonds is 2. The SMILES string of the molecule is c1ccc(-n2c3ccccc3c3ccccc32)c(-c2cc3c4cccc5ccc6c7ccccc7n(c3s2)c6c54)c1. The maximum atomic E-state index is 2.52. The van der Waals surface area contributed by atoms with E-state index in [0.717, 1.165) is 0 Å². The fraction of sp³-hybridized carbons (Fsp3) is 0. The van der Waals surface area contributed by atoms with Gasteiger partial charge in [-0.15, -0.1) is 11.3 Å². The van der Waals surface area contributed by atoms with Gasteiger partial charge in [-0.3, -0.25) is 4.40 Å². The normalized spacial score (nSPS) is 12.4. The van der Waals surface area contributed by atoms with Crippen LogP contribution in [0.3, 0.4) is 0 Å². The highest BCUT2D eigenvalue weighted by Crippen LogP contribution is 2.46. The van der Waals surface area contributed by atoms with E-state index in [1.165, 1.54) is 86.1 Å². The Morgan fingerprint density at radius 3 is 1.88 bits per heavy atom. The van der Waals surface area contributed by atoms with Gasteiger partial charge in [0.25, 0.3) is 0 Å². The van der Waals surface area contributed by atoms with Gasteiger partial charge >= 0.3 is 0 Å². The van der Waals surface area contributed by atoms with Crippen LogP contribution < -0.4 is 0 Å². The van der Waals surface area contributed by atoms with Gasteiger partial charge in [-0.1, -0.05) is 103 Å². The topological polar surface area (TPSA) is 9.34 Å². The first kappa shape index (κ1) is 21.7. The molecule has 10 rings (SSSR count). The number of hydrogen-bond donors (Lipinski definition) is 0. The van der Waals surface area contributed by atoms with Crippen LogP contribution in [0.2, 0.25) is 0 Å². The van der Waals surface area contributed by atoms with Gasteiger partial charge in [0.15, 0.2) is 0 Å². The van der Waals surface area contributed by atoms with E-state index in [9.17, 15) is 0 Å². The lowest BCUT2D eigenvalue weighted by molar-refractivity contribution is 1.18. The lowest BCUT2D eigenvalue weighted by Crippen LogP contribution is -1.96. The minimum atomic E-state index is 1.21. The van der Waals surface area contributed by atoms with Crippen molar-refractivity contribution in [2.75, 3.05) is 0 Å². The number of hydrogen-bond acceptors (Lipinski definition) is 1. The summed E-state index contributed by atoms with van der Waals surface area (Å²) < 4.78 is 4.96. The van der Waals surface area contributed by atoms with Crippen molar-refractivity contribution in [3.8, 4) is 16.1 Å². The molecule has 0 aliphatic rings. The summed E-state index contributed by atoms with van der Waals surface area (Å²) in [5.74, 6) is 0. The minimum absolute atomic E-state index is 1.21. The fourth-order valence-electron chi connectivity index (χ4n) is 7.19. The molecule has 3 heteroatoms. The molecule has 0 fully saturated rings. The Morgan fingerprint density at radius 2 is 1.10 bits per heavy atom. The summed E-state index contributed by atoms with van der Waals surface area (Å²) in [6.45, 7) is 0. The highest BCUT2D eigenvalue weighted by atomic mass is 32.1. The van der Waals surface area contributed by atoms with Gasteiger partial charge in [-0.2, -0.15) is 0 Å².